The molecule has 2 atom stereocenters. The van der Waals surface area contributed by atoms with Gasteiger partial charge in [-0.1, -0.05) is 13.3 Å². The molecular weight excluding hydrogens is 319 g/mol. The molecule has 4 nitrogen and oxygen atoms in total. The molecule has 0 amide bonds. The van der Waals surface area contributed by atoms with E-state index in [1.165, 1.54) is 12.8 Å². The lowest BCUT2D eigenvalue weighted by molar-refractivity contribution is -0.384. The van der Waals surface area contributed by atoms with Crippen LogP contribution in [0.1, 0.15) is 19.8 Å². The SMILES string of the molecule is CCC1CC1Nc1ccc([N+](=O)[O-])cc1I. The van der Waals surface area contributed by atoms with E-state index in [0.29, 0.717) is 6.04 Å². The minimum Gasteiger partial charge on any atom is -0.381 e. The van der Waals surface area contributed by atoms with Gasteiger partial charge in [-0.25, -0.2) is 0 Å². The normalized spacial score (nSPS) is 22.9. The molecule has 0 aliphatic heterocycles. The number of anilines is 1. The predicted octanol–water partition coefficient (Wildman–Crippen LogP) is 3.41. The largest absolute Gasteiger partial charge is 0.381 e. The van der Waals surface area contributed by atoms with Crippen molar-refractivity contribution in [2.45, 2.75) is 25.8 Å². The van der Waals surface area contributed by atoms with Crippen molar-refractivity contribution in [2.75, 3.05) is 5.32 Å². The van der Waals surface area contributed by atoms with Crippen LogP contribution in [0.4, 0.5) is 11.4 Å². The summed E-state index contributed by atoms with van der Waals surface area (Å²) >= 11 is 2.13. The number of rotatable bonds is 4. The van der Waals surface area contributed by atoms with Crippen LogP contribution < -0.4 is 5.32 Å². The smallest absolute Gasteiger partial charge is 0.270 e. The molecule has 0 bridgehead atoms. The molecule has 2 rings (SSSR count). The van der Waals surface area contributed by atoms with Gasteiger partial charge in [0.25, 0.3) is 5.69 Å². The summed E-state index contributed by atoms with van der Waals surface area (Å²) in [4.78, 5) is 10.2. The Kier molecular flexibility index (Phi) is 3.32. The predicted molar refractivity (Wildman–Crippen MR) is 71.6 cm³/mol. The van der Waals surface area contributed by atoms with Gasteiger partial charge in [0.05, 0.1) is 4.92 Å². The molecule has 0 radical (unpaired) electrons. The standard InChI is InChI=1S/C11H13IN2O2/c1-2-7-5-11(7)13-10-4-3-8(14(15)16)6-9(10)12/h3-4,6-7,11,13H,2,5H2,1H3. The quantitative estimate of drug-likeness (QED) is 0.522. The van der Waals surface area contributed by atoms with Gasteiger partial charge in [0.15, 0.2) is 0 Å². The monoisotopic (exact) mass is 332 g/mol. The molecule has 2 unspecified atom stereocenters. The van der Waals surface area contributed by atoms with Gasteiger partial charge in [-0.05, 0) is 41.0 Å². The fourth-order valence-corrected chi connectivity index (χ4v) is 2.46. The zero-order valence-corrected chi connectivity index (χ0v) is 11.1. The zero-order valence-electron chi connectivity index (χ0n) is 8.94. The summed E-state index contributed by atoms with van der Waals surface area (Å²) in [7, 11) is 0. The van der Waals surface area contributed by atoms with Crippen molar-refractivity contribution in [1.29, 1.82) is 0 Å². The van der Waals surface area contributed by atoms with Crippen LogP contribution in [0.2, 0.25) is 0 Å². The van der Waals surface area contributed by atoms with E-state index in [1.807, 2.05) is 0 Å². The first kappa shape index (κ1) is 11.6. The van der Waals surface area contributed by atoms with Crippen LogP contribution >= 0.6 is 22.6 Å². The Bertz CT molecular complexity index is 422. The molecule has 1 N–H and O–H groups in total. The van der Waals surface area contributed by atoms with E-state index in [1.54, 1.807) is 18.2 Å². The van der Waals surface area contributed by atoms with Crippen molar-refractivity contribution in [3.8, 4) is 0 Å². The third-order valence-electron chi connectivity index (χ3n) is 2.95. The molecule has 1 saturated carbocycles. The number of non-ortho nitro benzene ring substituents is 1. The van der Waals surface area contributed by atoms with E-state index in [9.17, 15) is 10.1 Å². The van der Waals surface area contributed by atoms with Crippen LogP contribution in [-0.2, 0) is 0 Å². The van der Waals surface area contributed by atoms with Gasteiger partial charge in [-0.3, -0.25) is 10.1 Å². The van der Waals surface area contributed by atoms with E-state index < -0.39 is 0 Å². The van der Waals surface area contributed by atoms with E-state index >= 15 is 0 Å². The maximum absolute atomic E-state index is 10.6. The molecular formula is C11H13IN2O2. The summed E-state index contributed by atoms with van der Waals surface area (Å²) in [5, 5.41) is 14.0. The highest BCUT2D eigenvalue weighted by atomic mass is 127. The number of nitrogens with zero attached hydrogens (tertiary/aromatic N) is 1. The second kappa shape index (κ2) is 4.57. The van der Waals surface area contributed by atoms with Gasteiger partial charge in [0.1, 0.15) is 0 Å². The highest BCUT2D eigenvalue weighted by Crippen LogP contribution is 2.37. The Morgan fingerprint density at radius 3 is 2.88 bits per heavy atom. The molecule has 1 fully saturated rings. The van der Waals surface area contributed by atoms with Gasteiger partial charge >= 0.3 is 0 Å². The molecule has 1 aromatic rings. The lowest BCUT2D eigenvalue weighted by Crippen LogP contribution is -2.05. The molecule has 1 aliphatic rings. The molecule has 0 spiro atoms. The van der Waals surface area contributed by atoms with Gasteiger partial charge in [0.2, 0.25) is 0 Å². The Hall–Kier alpha value is -0.850. The molecule has 0 aromatic heterocycles. The summed E-state index contributed by atoms with van der Waals surface area (Å²) in [6.45, 7) is 2.19. The first-order valence-electron chi connectivity index (χ1n) is 5.32. The summed E-state index contributed by atoms with van der Waals surface area (Å²) in [5.74, 6) is 0.769. The topological polar surface area (TPSA) is 55.2 Å². The number of benzene rings is 1. The van der Waals surface area contributed by atoms with Gasteiger partial charge in [0, 0.05) is 27.4 Å². The average molecular weight is 332 g/mol. The van der Waals surface area contributed by atoms with Crippen molar-refractivity contribution in [3.63, 3.8) is 0 Å². The number of nitrogens with one attached hydrogen (secondary N) is 1. The second-order valence-electron chi connectivity index (χ2n) is 4.08. The van der Waals surface area contributed by atoms with Crippen LogP contribution in [0.15, 0.2) is 18.2 Å². The lowest BCUT2D eigenvalue weighted by Gasteiger charge is -2.07. The van der Waals surface area contributed by atoms with Crippen LogP contribution in [0, 0.1) is 19.6 Å². The number of hydrogen-bond acceptors (Lipinski definition) is 3. The van der Waals surface area contributed by atoms with Crippen molar-refractivity contribution in [3.05, 3.63) is 31.9 Å². The minimum atomic E-state index is -0.363. The molecule has 1 aromatic carbocycles. The first-order valence-corrected chi connectivity index (χ1v) is 6.40. The fraction of sp³-hybridized carbons (Fsp3) is 0.455. The molecule has 5 heteroatoms. The molecule has 0 heterocycles. The molecule has 86 valence electrons. The second-order valence-corrected chi connectivity index (χ2v) is 5.24. The third-order valence-corrected chi connectivity index (χ3v) is 3.84. The number of hydrogen-bond donors (Lipinski definition) is 1. The van der Waals surface area contributed by atoms with E-state index in [0.717, 1.165) is 15.2 Å². The van der Waals surface area contributed by atoms with Gasteiger partial charge < -0.3 is 5.32 Å². The van der Waals surface area contributed by atoms with Crippen LogP contribution in [-0.4, -0.2) is 11.0 Å². The highest BCUT2D eigenvalue weighted by Gasteiger charge is 2.35. The highest BCUT2D eigenvalue weighted by molar-refractivity contribution is 14.1. The number of nitro benzene ring substituents is 1. The zero-order chi connectivity index (χ0) is 11.7. The third kappa shape index (κ3) is 2.45. The molecule has 1 aliphatic carbocycles. The average Bonchev–Trinajstić information content (AvgIpc) is 2.99. The lowest BCUT2D eigenvalue weighted by atomic mass is 10.2. The number of halogens is 1. The minimum absolute atomic E-state index is 0.151. The molecule has 16 heavy (non-hydrogen) atoms. The first-order chi connectivity index (χ1) is 7.61. The fourth-order valence-electron chi connectivity index (χ4n) is 1.81. The van der Waals surface area contributed by atoms with E-state index in [4.69, 9.17) is 0 Å². The van der Waals surface area contributed by atoms with Crippen LogP contribution in [0.25, 0.3) is 0 Å². The van der Waals surface area contributed by atoms with Crippen molar-refractivity contribution in [1.82, 2.24) is 0 Å². The van der Waals surface area contributed by atoms with E-state index in [-0.39, 0.29) is 10.6 Å². The maximum atomic E-state index is 10.6. The van der Waals surface area contributed by atoms with Crippen LogP contribution in [0.5, 0.6) is 0 Å². The van der Waals surface area contributed by atoms with E-state index in [2.05, 4.69) is 34.8 Å². The van der Waals surface area contributed by atoms with Crippen molar-refractivity contribution in [2.24, 2.45) is 5.92 Å². The van der Waals surface area contributed by atoms with Gasteiger partial charge in [-0.15, -0.1) is 0 Å². The Morgan fingerprint density at radius 2 is 2.38 bits per heavy atom. The summed E-state index contributed by atoms with van der Waals surface area (Å²) in [6.07, 6.45) is 2.41. The Morgan fingerprint density at radius 1 is 1.62 bits per heavy atom. The maximum Gasteiger partial charge on any atom is 0.270 e. The molecule has 0 saturated heterocycles. The summed E-state index contributed by atoms with van der Waals surface area (Å²) < 4.78 is 0.911. The van der Waals surface area contributed by atoms with Gasteiger partial charge in [-0.2, -0.15) is 0 Å². The Labute approximate surface area is 108 Å². The number of nitro groups is 1. The Balaban J connectivity index is 2.08. The van der Waals surface area contributed by atoms with Crippen molar-refractivity contribution >= 4 is 34.0 Å². The van der Waals surface area contributed by atoms with Crippen molar-refractivity contribution < 1.29 is 4.92 Å². The summed E-state index contributed by atoms with van der Waals surface area (Å²) in [5.41, 5.74) is 1.16. The summed E-state index contributed by atoms with van der Waals surface area (Å²) in [6, 6.07) is 5.50. The van der Waals surface area contributed by atoms with Crippen LogP contribution in [0.3, 0.4) is 0 Å².